The number of benzene rings is 3. The smallest absolute Gasteiger partial charge is 0.352 e. The Morgan fingerprint density at radius 1 is 0.903 bits per heavy atom. The average molecular weight is 413 g/mol. The van der Waals surface area contributed by atoms with Crippen molar-refractivity contribution in [3.63, 3.8) is 0 Å². The SMILES string of the molecule is CCc1ccc(CNCc2c(C(=O)O)n(Cc3ccccc3C)c3ccccc23)cc1. The summed E-state index contributed by atoms with van der Waals surface area (Å²) in [6.07, 6.45) is 1.02. The third-order valence-corrected chi connectivity index (χ3v) is 5.93. The maximum atomic E-state index is 12.3. The van der Waals surface area contributed by atoms with Crippen LogP contribution in [0, 0.1) is 6.92 Å². The number of aromatic carboxylic acids is 1. The molecule has 0 aliphatic rings. The average Bonchev–Trinajstić information content (AvgIpc) is 3.09. The monoisotopic (exact) mass is 412 g/mol. The van der Waals surface area contributed by atoms with Crippen LogP contribution in [0.1, 0.15) is 45.2 Å². The van der Waals surface area contributed by atoms with Gasteiger partial charge in [-0.25, -0.2) is 4.79 Å². The van der Waals surface area contributed by atoms with Gasteiger partial charge in [0, 0.05) is 36.1 Å². The molecule has 0 fully saturated rings. The van der Waals surface area contributed by atoms with Crippen LogP contribution in [0.3, 0.4) is 0 Å². The zero-order chi connectivity index (χ0) is 21.8. The molecular weight excluding hydrogens is 384 g/mol. The predicted octanol–water partition coefficient (Wildman–Crippen LogP) is 5.55. The summed E-state index contributed by atoms with van der Waals surface area (Å²) in [5.74, 6) is -0.895. The van der Waals surface area contributed by atoms with E-state index in [2.05, 4.69) is 55.6 Å². The molecule has 4 aromatic rings. The van der Waals surface area contributed by atoms with E-state index in [0.717, 1.165) is 34.0 Å². The molecule has 0 bridgehead atoms. The Labute approximate surface area is 183 Å². The van der Waals surface area contributed by atoms with E-state index >= 15 is 0 Å². The highest BCUT2D eigenvalue weighted by molar-refractivity contribution is 5.98. The van der Waals surface area contributed by atoms with E-state index < -0.39 is 5.97 Å². The van der Waals surface area contributed by atoms with Crippen molar-refractivity contribution in [2.45, 2.75) is 39.9 Å². The Morgan fingerprint density at radius 3 is 2.29 bits per heavy atom. The van der Waals surface area contributed by atoms with Gasteiger partial charge in [0.05, 0.1) is 0 Å². The van der Waals surface area contributed by atoms with Gasteiger partial charge in [0.15, 0.2) is 0 Å². The number of nitrogens with zero attached hydrogens (tertiary/aromatic N) is 1. The van der Waals surface area contributed by atoms with Crippen LogP contribution in [0.25, 0.3) is 10.9 Å². The maximum Gasteiger partial charge on any atom is 0.352 e. The van der Waals surface area contributed by atoms with Gasteiger partial charge >= 0.3 is 5.97 Å². The highest BCUT2D eigenvalue weighted by Crippen LogP contribution is 2.28. The van der Waals surface area contributed by atoms with Crippen molar-refractivity contribution < 1.29 is 9.90 Å². The number of hydrogen-bond donors (Lipinski definition) is 2. The lowest BCUT2D eigenvalue weighted by molar-refractivity contribution is 0.0684. The molecule has 0 spiro atoms. The van der Waals surface area contributed by atoms with Gasteiger partial charge in [-0.05, 0) is 41.7 Å². The topological polar surface area (TPSA) is 54.3 Å². The lowest BCUT2D eigenvalue weighted by atomic mass is 10.1. The van der Waals surface area contributed by atoms with Crippen molar-refractivity contribution in [1.82, 2.24) is 9.88 Å². The Bertz CT molecular complexity index is 1210. The molecule has 0 saturated heterocycles. The number of para-hydroxylation sites is 1. The van der Waals surface area contributed by atoms with Gasteiger partial charge in [0.1, 0.15) is 5.69 Å². The van der Waals surface area contributed by atoms with E-state index in [9.17, 15) is 9.90 Å². The van der Waals surface area contributed by atoms with E-state index in [1.54, 1.807) is 0 Å². The van der Waals surface area contributed by atoms with E-state index in [-0.39, 0.29) is 0 Å². The van der Waals surface area contributed by atoms with Gasteiger partial charge in [-0.3, -0.25) is 0 Å². The van der Waals surface area contributed by atoms with Crippen LogP contribution in [0.2, 0.25) is 0 Å². The van der Waals surface area contributed by atoms with Gasteiger partial charge in [0.25, 0.3) is 0 Å². The molecule has 0 amide bonds. The van der Waals surface area contributed by atoms with Gasteiger partial charge in [-0.15, -0.1) is 0 Å². The first kappa shape index (κ1) is 20.9. The second-order valence-corrected chi connectivity index (χ2v) is 7.94. The van der Waals surface area contributed by atoms with Crippen molar-refractivity contribution in [3.8, 4) is 0 Å². The van der Waals surface area contributed by atoms with E-state index in [1.807, 2.05) is 41.0 Å². The molecule has 0 atom stereocenters. The van der Waals surface area contributed by atoms with Crippen LogP contribution in [0.15, 0.2) is 72.8 Å². The third kappa shape index (κ3) is 4.39. The summed E-state index contributed by atoms with van der Waals surface area (Å²) in [5.41, 5.74) is 6.94. The van der Waals surface area contributed by atoms with Crippen molar-refractivity contribution in [2.24, 2.45) is 0 Å². The lowest BCUT2D eigenvalue weighted by Gasteiger charge is -2.12. The van der Waals surface area contributed by atoms with E-state index in [0.29, 0.717) is 25.3 Å². The fourth-order valence-electron chi connectivity index (χ4n) is 4.15. The molecule has 0 unspecified atom stereocenters. The first-order chi connectivity index (χ1) is 15.1. The van der Waals surface area contributed by atoms with Crippen LogP contribution in [0.5, 0.6) is 0 Å². The summed E-state index contributed by atoms with van der Waals surface area (Å²) >= 11 is 0. The third-order valence-electron chi connectivity index (χ3n) is 5.93. The Hall–Kier alpha value is -3.37. The van der Waals surface area contributed by atoms with Crippen LogP contribution in [-0.4, -0.2) is 15.6 Å². The molecule has 3 aromatic carbocycles. The molecule has 0 aliphatic heterocycles. The van der Waals surface area contributed by atoms with Gasteiger partial charge in [-0.2, -0.15) is 0 Å². The van der Waals surface area contributed by atoms with Gasteiger partial charge in [0.2, 0.25) is 0 Å². The number of hydrogen-bond acceptors (Lipinski definition) is 2. The standard InChI is InChI=1S/C27H28N2O2/c1-3-20-12-14-21(15-13-20)16-28-17-24-23-10-6-7-11-25(23)29(26(24)27(30)31)18-22-9-5-4-8-19(22)2/h4-15,28H,3,16-18H2,1-2H3,(H,30,31). The molecule has 31 heavy (non-hydrogen) atoms. The van der Waals surface area contributed by atoms with Crippen LogP contribution < -0.4 is 5.32 Å². The summed E-state index contributed by atoms with van der Waals surface area (Å²) < 4.78 is 1.94. The molecule has 0 aliphatic carbocycles. The maximum absolute atomic E-state index is 12.3. The number of carboxylic acids is 1. The number of aromatic nitrogens is 1. The molecule has 0 radical (unpaired) electrons. The Kier molecular flexibility index (Phi) is 6.19. The summed E-state index contributed by atoms with van der Waals surface area (Å²) in [6, 6.07) is 24.7. The summed E-state index contributed by atoms with van der Waals surface area (Å²) in [5, 5.41) is 14.6. The highest BCUT2D eigenvalue weighted by atomic mass is 16.4. The first-order valence-electron chi connectivity index (χ1n) is 10.7. The summed E-state index contributed by atoms with van der Waals surface area (Å²) in [7, 11) is 0. The molecule has 2 N–H and O–H groups in total. The van der Waals surface area contributed by atoms with E-state index in [4.69, 9.17) is 0 Å². The van der Waals surface area contributed by atoms with Crippen LogP contribution in [0.4, 0.5) is 0 Å². The molecule has 4 heteroatoms. The second-order valence-electron chi connectivity index (χ2n) is 7.94. The lowest BCUT2D eigenvalue weighted by Crippen LogP contribution is -2.17. The number of rotatable bonds is 8. The molecule has 158 valence electrons. The van der Waals surface area contributed by atoms with Gasteiger partial charge in [-0.1, -0.05) is 73.7 Å². The Balaban J connectivity index is 1.66. The first-order valence-corrected chi connectivity index (χ1v) is 10.7. The zero-order valence-corrected chi connectivity index (χ0v) is 18.1. The van der Waals surface area contributed by atoms with Crippen LogP contribution in [-0.2, 0) is 26.1 Å². The molecule has 0 saturated carbocycles. The molecular formula is C27H28N2O2. The minimum absolute atomic E-state index is 0.360. The van der Waals surface area contributed by atoms with Crippen molar-refractivity contribution in [3.05, 3.63) is 106 Å². The normalized spacial score (nSPS) is 11.2. The molecule has 4 nitrogen and oxygen atoms in total. The van der Waals surface area contributed by atoms with Crippen molar-refractivity contribution in [1.29, 1.82) is 0 Å². The number of fused-ring (bicyclic) bond motifs is 1. The van der Waals surface area contributed by atoms with E-state index in [1.165, 1.54) is 11.1 Å². The largest absolute Gasteiger partial charge is 0.477 e. The zero-order valence-electron chi connectivity index (χ0n) is 18.1. The summed E-state index contributed by atoms with van der Waals surface area (Å²) in [6.45, 7) is 5.94. The van der Waals surface area contributed by atoms with Crippen molar-refractivity contribution in [2.75, 3.05) is 0 Å². The minimum Gasteiger partial charge on any atom is -0.477 e. The molecule has 4 rings (SSSR count). The number of carboxylic acid groups (broad SMARTS) is 1. The molecule has 1 heterocycles. The quantitative estimate of drug-likeness (QED) is 0.399. The highest BCUT2D eigenvalue weighted by Gasteiger charge is 2.22. The number of carbonyl (C=O) groups is 1. The van der Waals surface area contributed by atoms with Crippen LogP contribution >= 0.6 is 0 Å². The summed E-state index contributed by atoms with van der Waals surface area (Å²) in [4.78, 5) is 12.3. The van der Waals surface area contributed by atoms with Gasteiger partial charge < -0.3 is 15.0 Å². The minimum atomic E-state index is -0.895. The van der Waals surface area contributed by atoms with Crippen molar-refractivity contribution >= 4 is 16.9 Å². The molecule has 1 aromatic heterocycles. The fourth-order valence-corrected chi connectivity index (χ4v) is 4.15. The Morgan fingerprint density at radius 2 is 1.58 bits per heavy atom. The second kappa shape index (κ2) is 9.19. The number of aryl methyl sites for hydroxylation is 2. The fraction of sp³-hybridized carbons (Fsp3) is 0.222. The predicted molar refractivity (Wildman–Crippen MR) is 126 cm³/mol. The number of nitrogens with one attached hydrogen (secondary N) is 1.